The smallest absolute Gasteiger partial charge is 0.125 e. The molecule has 0 saturated heterocycles. The number of rotatable bonds is 2. The van der Waals surface area contributed by atoms with Crippen LogP contribution in [0, 0.1) is 6.07 Å². The molecule has 1 aromatic rings. The fraction of sp³-hybridized carbons (Fsp3) is 0.333. The molecule has 1 atom stereocenters. The first-order valence-corrected chi connectivity index (χ1v) is 3.44. The van der Waals surface area contributed by atoms with Gasteiger partial charge in [0.25, 0.3) is 0 Å². The summed E-state index contributed by atoms with van der Waals surface area (Å²) in [6.07, 6.45) is -0.265. The Balaban J connectivity index is 2.75. The maximum absolute atomic E-state index is 12.9. The van der Waals surface area contributed by atoms with E-state index in [1.54, 1.807) is 24.3 Å². The van der Waals surface area contributed by atoms with Crippen LogP contribution in [0.5, 0.6) is 0 Å². The molecule has 1 heteroatoms. The predicted octanol–water partition coefficient (Wildman–Crippen LogP) is 2.91. The molecule has 0 aromatic heterocycles. The normalized spacial score (nSPS) is 13.0. The predicted molar refractivity (Wildman–Crippen MR) is 39.4 cm³/mol. The van der Waals surface area contributed by atoms with E-state index in [2.05, 4.69) is 6.07 Å². The van der Waals surface area contributed by atoms with Gasteiger partial charge < -0.3 is 0 Å². The summed E-state index contributed by atoms with van der Waals surface area (Å²) in [4.78, 5) is 0. The Bertz CT molecular complexity index is 181. The Morgan fingerprint density at radius 3 is 2.60 bits per heavy atom. The highest BCUT2D eigenvalue weighted by molar-refractivity contribution is 5.16. The minimum atomic E-state index is -0.811. The second-order valence-corrected chi connectivity index (χ2v) is 2.21. The molecule has 0 nitrogen and oxygen atoms in total. The quantitative estimate of drug-likeness (QED) is 0.588. The molecule has 1 unspecified atom stereocenters. The third kappa shape index (κ3) is 1.56. The van der Waals surface area contributed by atoms with E-state index in [1.807, 2.05) is 6.92 Å². The van der Waals surface area contributed by atoms with E-state index in [0.717, 1.165) is 5.56 Å². The van der Waals surface area contributed by atoms with Gasteiger partial charge in [0, 0.05) is 0 Å². The van der Waals surface area contributed by atoms with Crippen LogP contribution in [0.15, 0.2) is 24.3 Å². The monoisotopic (exact) mass is 137 g/mol. The molecule has 0 fully saturated rings. The Kier molecular flexibility index (Phi) is 2.43. The summed E-state index contributed by atoms with van der Waals surface area (Å²) in [6.45, 7) is 1.83. The summed E-state index contributed by atoms with van der Waals surface area (Å²) in [5.41, 5.74) is 0.751. The zero-order valence-electron chi connectivity index (χ0n) is 5.97. The largest absolute Gasteiger partial charge is 0.242 e. The zero-order chi connectivity index (χ0) is 7.40. The Morgan fingerprint density at radius 1 is 1.50 bits per heavy atom. The fourth-order valence-corrected chi connectivity index (χ4v) is 0.844. The van der Waals surface area contributed by atoms with Gasteiger partial charge in [-0.3, -0.25) is 0 Å². The zero-order valence-corrected chi connectivity index (χ0v) is 5.97. The van der Waals surface area contributed by atoms with E-state index < -0.39 is 6.17 Å². The molecule has 53 valence electrons. The molecule has 0 aliphatic carbocycles. The van der Waals surface area contributed by atoms with Gasteiger partial charge in [0.2, 0.25) is 0 Å². The van der Waals surface area contributed by atoms with Crippen LogP contribution in [0.1, 0.15) is 25.1 Å². The number of hydrogen-bond donors (Lipinski definition) is 0. The van der Waals surface area contributed by atoms with Crippen molar-refractivity contribution in [3.05, 3.63) is 35.9 Å². The molecule has 0 saturated carbocycles. The molecule has 0 amide bonds. The van der Waals surface area contributed by atoms with Crippen molar-refractivity contribution >= 4 is 0 Å². The third-order valence-electron chi connectivity index (χ3n) is 1.46. The molecule has 10 heavy (non-hydrogen) atoms. The molecule has 0 spiro atoms. The Labute approximate surface area is 60.7 Å². The minimum Gasteiger partial charge on any atom is -0.242 e. The van der Waals surface area contributed by atoms with Crippen LogP contribution in [0.25, 0.3) is 0 Å². The van der Waals surface area contributed by atoms with E-state index in [9.17, 15) is 4.39 Å². The molecule has 1 aromatic carbocycles. The van der Waals surface area contributed by atoms with Crippen molar-refractivity contribution in [3.8, 4) is 0 Å². The molecular weight excluding hydrogens is 127 g/mol. The van der Waals surface area contributed by atoms with Crippen molar-refractivity contribution in [2.24, 2.45) is 0 Å². The van der Waals surface area contributed by atoms with E-state index in [-0.39, 0.29) is 0 Å². The first-order valence-electron chi connectivity index (χ1n) is 3.44. The van der Waals surface area contributed by atoms with Crippen LogP contribution >= 0.6 is 0 Å². The summed E-state index contributed by atoms with van der Waals surface area (Å²) in [6, 6.07) is 9.83. The summed E-state index contributed by atoms with van der Waals surface area (Å²) < 4.78 is 12.9. The summed E-state index contributed by atoms with van der Waals surface area (Å²) >= 11 is 0. The van der Waals surface area contributed by atoms with Gasteiger partial charge in [0.1, 0.15) is 6.17 Å². The molecule has 0 aliphatic rings. The number of hydrogen-bond acceptors (Lipinski definition) is 0. The van der Waals surface area contributed by atoms with Crippen LogP contribution < -0.4 is 0 Å². The average Bonchev–Trinajstić information content (AvgIpc) is 2.05. The number of halogens is 1. The average molecular weight is 137 g/mol. The van der Waals surface area contributed by atoms with Crippen LogP contribution in [-0.4, -0.2) is 0 Å². The highest BCUT2D eigenvalue weighted by atomic mass is 19.1. The maximum atomic E-state index is 12.9. The molecule has 1 radical (unpaired) electrons. The van der Waals surface area contributed by atoms with Crippen molar-refractivity contribution in [2.75, 3.05) is 0 Å². The van der Waals surface area contributed by atoms with Crippen LogP contribution in [0.2, 0.25) is 0 Å². The third-order valence-corrected chi connectivity index (χ3v) is 1.46. The van der Waals surface area contributed by atoms with Gasteiger partial charge in [-0.05, 0) is 18.1 Å². The summed E-state index contributed by atoms with van der Waals surface area (Å²) in [5.74, 6) is 0. The number of alkyl halides is 1. The standard InChI is InChI=1S/C9H10F/c1-2-9(10)8-6-4-3-5-7-8/h4-7,9H,2H2,1H3. The minimum absolute atomic E-state index is 0.546. The lowest BCUT2D eigenvalue weighted by atomic mass is 10.1. The van der Waals surface area contributed by atoms with Gasteiger partial charge in [-0.25, -0.2) is 4.39 Å². The van der Waals surface area contributed by atoms with E-state index in [1.165, 1.54) is 0 Å². The van der Waals surface area contributed by atoms with Crippen molar-refractivity contribution in [1.29, 1.82) is 0 Å². The van der Waals surface area contributed by atoms with E-state index in [0.29, 0.717) is 6.42 Å². The molecule has 0 heterocycles. The lowest BCUT2D eigenvalue weighted by molar-refractivity contribution is 0.334. The maximum Gasteiger partial charge on any atom is 0.125 e. The SMILES string of the molecule is CCC(F)c1cc[c]cc1. The lowest BCUT2D eigenvalue weighted by Gasteiger charge is -2.02. The topological polar surface area (TPSA) is 0 Å². The first-order chi connectivity index (χ1) is 4.84. The van der Waals surface area contributed by atoms with Gasteiger partial charge in [0.05, 0.1) is 0 Å². The highest BCUT2D eigenvalue weighted by Crippen LogP contribution is 2.19. The highest BCUT2D eigenvalue weighted by Gasteiger charge is 2.03. The van der Waals surface area contributed by atoms with Gasteiger partial charge >= 0.3 is 0 Å². The van der Waals surface area contributed by atoms with Crippen molar-refractivity contribution in [2.45, 2.75) is 19.5 Å². The molecule has 1 rings (SSSR count). The van der Waals surface area contributed by atoms with Crippen LogP contribution in [0.4, 0.5) is 4.39 Å². The Hall–Kier alpha value is -0.850. The van der Waals surface area contributed by atoms with Gasteiger partial charge in [0.15, 0.2) is 0 Å². The van der Waals surface area contributed by atoms with Gasteiger partial charge in [-0.2, -0.15) is 0 Å². The second-order valence-electron chi connectivity index (χ2n) is 2.21. The summed E-state index contributed by atoms with van der Waals surface area (Å²) in [7, 11) is 0. The van der Waals surface area contributed by atoms with Crippen LogP contribution in [-0.2, 0) is 0 Å². The van der Waals surface area contributed by atoms with Gasteiger partial charge in [-0.1, -0.05) is 31.2 Å². The van der Waals surface area contributed by atoms with E-state index in [4.69, 9.17) is 0 Å². The molecular formula is C9H10F. The van der Waals surface area contributed by atoms with Crippen molar-refractivity contribution < 1.29 is 4.39 Å². The lowest BCUT2D eigenvalue weighted by Crippen LogP contribution is -1.86. The molecule has 0 bridgehead atoms. The van der Waals surface area contributed by atoms with Crippen molar-refractivity contribution in [3.63, 3.8) is 0 Å². The van der Waals surface area contributed by atoms with E-state index >= 15 is 0 Å². The van der Waals surface area contributed by atoms with Gasteiger partial charge in [-0.15, -0.1) is 0 Å². The summed E-state index contributed by atoms with van der Waals surface area (Å²) in [5, 5.41) is 0. The molecule has 0 N–H and O–H groups in total. The van der Waals surface area contributed by atoms with Crippen molar-refractivity contribution in [1.82, 2.24) is 0 Å². The molecule has 0 aliphatic heterocycles. The second kappa shape index (κ2) is 3.35. The number of benzene rings is 1. The first kappa shape index (κ1) is 7.26. The fourth-order valence-electron chi connectivity index (χ4n) is 0.844. The van der Waals surface area contributed by atoms with Crippen LogP contribution in [0.3, 0.4) is 0 Å². The Morgan fingerprint density at radius 2 is 2.10 bits per heavy atom.